The average Bonchev–Trinajstić information content (AvgIpc) is 2.53. The Kier molecular flexibility index (Phi) is 6.14. The van der Waals surface area contributed by atoms with Crippen LogP contribution in [-0.4, -0.2) is 56.6 Å². The van der Waals surface area contributed by atoms with Gasteiger partial charge in [-0.05, 0) is 38.1 Å². The summed E-state index contributed by atoms with van der Waals surface area (Å²) in [5.41, 5.74) is 0. The van der Waals surface area contributed by atoms with E-state index in [1.165, 1.54) is 19.3 Å². The number of aliphatic hydroxyl groups is 1. The summed E-state index contributed by atoms with van der Waals surface area (Å²) < 4.78 is 16.3. The number of methoxy groups -OCH3 is 2. The monoisotopic (exact) mass is 295 g/mol. The molecule has 1 aromatic carbocycles. The van der Waals surface area contributed by atoms with Gasteiger partial charge in [-0.1, -0.05) is 12.5 Å². The highest BCUT2D eigenvalue weighted by Gasteiger charge is 2.17. The van der Waals surface area contributed by atoms with Gasteiger partial charge in [0, 0.05) is 6.54 Å². The van der Waals surface area contributed by atoms with Gasteiger partial charge in [0.1, 0.15) is 12.7 Å². The van der Waals surface area contributed by atoms with E-state index in [0.29, 0.717) is 23.8 Å². The molecule has 0 bridgehead atoms. The SMILES string of the molecule is COc1cccc(OC)c1OC[C@@H](O)CN1CCCCC1. The number of benzene rings is 1. The largest absolute Gasteiger partial charge is 0.493 e. The number of hydrogen-bond donors (Lipinski definition) is 1. The van der Waals surface area contributed by atoms with Crippen LogP contribution in [-0.2, 0) is 0 Å². The number of hydrogen-bond acceptors (Lipinski definition) is 5. The van der Waals surface area contributed by atoms with E-state index in [2.05, 4.69) is 4.90 Å². The lowest BCUT2D eigenvalue weighted by atomic mass is 10.1. The van der Waals surface area contributed by atoms with E-state index in [9.17, 15) is 5.11 Å². The van der Waals surface area contributed by atoms with Gasteiger partial charge in [0.2, 0.25) is 5.75 Å². The quantitative estimate of drug-likeness (QED) is 0.833. The molecule has 1 heterocycles. The van der Waals surface area contributed by atoms with Crippen LogP contribution in [0.15, 0.2) is 18.2 Å². The highest BCUT2D eigenvalue weighted by Crippen LogP contribution is 2.36. The van der Waals surface area contributed by atoms with Gasteiger partial charge >= 0.3 is 0 Å². The fraction of sp³-hybridized carbons (Fsp3) is 0.625. The zero-order valence-electron chi connectivity index (χ0n) is 12.9. The van der Waals surface area contributed by atoms with Gasteiger partial charge in [-0.25, -0.2) is 0 Å². The molecule has 1 aromatic rings. The number of piperidine rings is 1. The van der Waals surface area contributed by atoms with Crippen LogP contribution >= 0.6 is 0 Å². The van der Waals surface area contributed by atoms with Crippen LogP contribution in [0.4, 0.5) is 0 Å². The molecule has 0 aliphatic carbocycles. The normalized spacial score (nSPS) is 17.3. The molecule has 5 nitrogen and oxygen atoms in total. The van der Waals surface area contributed by atoms with Crippen molar-refractivity contribution in [1.29, 1.82) is 0 Å². The molecular formula is C16H25NO4. The van der Waals surface area contributed by atoms with Crippen LogP contribution in [0.5, 0.6) is 17.2 Å². The molecule has 118 valence electrons. The van der Waals surface area contributed by atoms with Gasteiger partial charge in [0.25, 0.3) is 0 Å². The van der Waals surface area contributed by atoms with E-state index in [4.69, 9.17) is 14.2 Å². The maximum Gasteiger partial charge on any atom is 0.203 e. The lowest BCUT2D eigenvalue weighted by Gasteiger charge is -2.28. The Labute approximate surface area is 126 Å². The fourth-order valence-corrected chi connectivity index (χ4v) is 2.63. The molecule has 1 aliphatic heterocycles. The summed E-state index contributed by atoms with van der Waals surface area (Å²) in [5, 5.41) is 10.1. The minimum Gasteiger partial charge on any atom is -0.493 e. The first kappa shape index (κ1) is 15.9. The summed E-state index contributed by atoms with van der Waals surface area (Å²) in [7, 11) is 3.18. The Bertz CT molecular complexity index is 410. The molecule has 1 N–H and O–H groups in total. The standard InChI is InChI=1S/C16H25NO4/c1-19-14-7-6-8-15(20-2)16(14)21-12-13(18)11-17-9-4-3-5-10-17/h6-8,13,18H,3-5,9-12H2,1-2H3/t13-/m0/s1. The Hall–Kier alpha value is -1.46. The third kappa shape index (κ3) is 4.51. The van der Waals surface area contributed by atoms with E-state index in [-0.39, 0.29) is 6.61 Å². The Morgan fingerprint density at radius 1 is 1.10 bits per heavy atom. The highest BCUT2D eigenvalue weighted by molar-refractivity contribution is 5.51. The molecule has 1 atom stereocenters. The van der Waals surface area contributed by atoms with E-state index in [0.717, 1.165) is 13.1 Å². The molecule has 1 saturated heterocycles. The first-order valence-electron chi connectivity index (χ1n) is 7.48. The van der Waals surface area contributed by atoms with Gasteiger partial charge < -0.3 is 24.2 Å². The summed E-state index contributed by atoms with van der Waals surface area (Å²) in [4.78, 5) is 2.29. The lowest BCUT2D eigenvalue weighted by molar-refractivity contribution is 0.0599. The number of ether oxygens (including phenoxy) is 3. The van der Waals surface area contributed by atoms with Crippen LogP contribution in [0.2, 0.25) is 0 Å². The zero-order chi connectivity index (χ0) is 15.1. The molecular weight excluding hydrogens is 270 g/mol. The van der Waals surface area contributed by atoms with Crippen molar-refractivity contribution < 1.29 is 19.3 Å². The third-order valence-corrected chi connectivity index (χ3v) is 3.72. The van der Waals surface area contributed by atoms with Gasteiger partial charge in [-0.2, -0.15) is 0 Å². The maximum absolute atomic E-state index is 10.1. The fourth-order valence-electron chi connectivity index (χ4n) is 2.63. The maximum atomic E-state index is 10.1. The second kappa shape index (κ2) is 8.10. The van der Waals surface area contributed by atoms with Crippen molar-refractivity contribution in [3.05, 3.63) is 18.2 Å². The third-order valence-electron chi connectivity index (χ3n) is 3.72. The Morgan fingerprint density at radius 3 is 2.29 bits per heavy atom. The summed E-state index contributed by atoms with van der Waals surface area (Å²) in [6.45, 7) is 3.01. The summed E-state index contributed by atoms with van der Waals surface area (Å²) in [5.74, 6) is 1.76. The summed E-state index contributed by atoms with van der Waals surface area (Å²) >= 11 is 0. The minimum absolute atomic E-state index is 0.229. The van der Waals surface area contributed by atoms with E-state index in [1.54, 1.807) is 14.2 Å². The first-order chi connectivity index (χ1) is 10.2. The van der Waals surface area contributed by atoms with Gasteiger partial charge in [0.05, 0.1) is 14.2 Å². The molecule has 0 radical (unpaired) electrons. The van der Waals surface area contributed by atoms with Crippen molar-refractivity contribution in [3.8, 4) is 17.2 Å². The lowest BCUT2D eigenvalue weighted by Crippen LogP contribution is -2.38. The molecule has 1 fully saturated rings. The van der Waals surface area contributed by atoms with Crippen molar-refractivity contribution >= 4 is 0 Å². The highest BCUT2D eigenvalue weighted by atomic mass is 16.5. The van der Waals surface area contributed by atoms with Crippen molar-refractivity contribution in [1.82, 2.24) is 4.90 Å². The van der Waals surface area contributed by atoms with Crippen molar-refractivity contribution in [3.63, 3.8) is 0 Å². The van der Waals surface area contributed by atoms with Crippen molar-refractivity contribution in [2.24, 2.45) is 0 Å². The molecule has 1 aliphatic rings. The molecule has 0 amide bonds. The van der Waals surface area contributed by atoms with Crippen LogP contribution in [0.25, 0.3) is 0 Å². The van der Waals surface area contributed by atoms with E-state index >= 15 is 0 Å². The van der Waals surface area contributed by atoms with Crippen LogP contribution in [0, 0.1) is 0 Å². The number of likely N-dealkylation sites (tertiary alicyclic amines) is 1. The second-order valence-electron chi connectivity index (χ2n) is 5.32. The van der Waals surface area contributed by atoms with Crippen molar-refractivity contribution in [2.45, 2.75) is 25.4 Å². The predicted octanol–water partition coefficient (Wildman–Crippen LogP) is 1.93. The van der Waals surface area contributed by atoms with Gasteiger partial charge in [0.15, 0.2) is 11.5 Å². The van der Waals surface area contributed by atoms with Crippen LogP contribution in [0.3, 0.4) is 0 Å². The second-order valence-corrected chi connectivity index (χ2v) is 5.32. The summed E-state index contributed by atoms with van der Waals surface area (Å²) in [6, 6.07) is 5.47. The number of nitrogens with zero attached hydrogens (tertiary/aromatic N) is 1. The molecule has 0 unspecified atom stereocenters. The first-order valence-corrected chi connectivity index (χ1v) is 7.48. The number of aliphatic hydroxyl groups excluding tert-OH is 1. The topological polar surface area (TPSA) is 51.2 Å². The average molecular weight is 295 g/mol. The molecule has 0 aromatic heterocycles. The molecule has 0 saturated carbocycles. The van der Waals surface area contributed by atoms with Crippen LogP contribution in [0.1, 0.15) is 19.3 Å². The molecule has 21 heavy (non-hydrogen) atoms. The number of para-hydroxylation sites is 1. The van der Waals surface area contributed by atoms with Crippen LogP contribution < -0.4 is 14.2 Å². The number of rotatable bonds is 7. The number of β-amino-alcohol motifs (C(OH)–C–C–N with tert-alkyl or cyclic N) is 1. The Morgan fingerprint density at radius 2 is 1.71 bits per heavy atom. The van der Waals surface area contributed by atoms with E-state index in [1.807, 2.05) is 18.2 Å². The minimum atomic E-state index is -0.516. The zero-order valence-corrected chi connectivity index (χ0v) is 12.9. The predicted molar refractivity (Wildman–Crippen MR) is 81.3 cm³/mol. The summed E-state index contributed by atoms with van der Waals surface area (Å²) in [6.07, 6.45) is 3.21. The smallest absolute Gasteiger partial charge is 0.203 e. The molecule has 2 rings (SSSR count). The Balaban J connectivity index is 1.89. The van der Waals surface area contributed by atoms with Crippen molar-refractivity contribution in [2.75, 3.05) is 40.5 Å². The van der Waals surface area contributed by atoms with Gasteiger partial charge in [-0.15, -0.1) is 0 Å². The van der Waals surface area contributed by atoms with E-state index < -0.39 is 6.10 Å². The molecule has 0 spiro atoms. The molecule has 5 heteroatoms. The van der Waals surface area contributed by atoms with Gasteiger partial charge in [-0.3, -0.25) is 0 Å².